The van der Waals surface area contributed by atoms with Crippen molar-refractivity contribution in [1.82, 2.24) is 0 Å². The molecule has 0 fully saturated rings. The van der Waals surface area contributed by atoms with Crippen molar-refractivity contribution >= 4 is 49.7 Å². The third-order valence-electron chi connectivity index (χ3n) is 13.2. The molecule has 3 unspecified atom stereocenters. The van der Waals surface area contributed by atoms with E-state index in [-0.39, 0.29) is 23.6 Å². The van der Waals surface area contributed by atoms with Gasteiger partial charge in [-0.3, -0.25) is 0 Å². The highest BCUT2D eigenvalue weighted by molar-refractivity contribution is 7.20. The van der Waals surface area contributed by atoms with Crippen molar-refractivity contribution in [2.75, 3.05) is 9.80 Å². The van der Waals surface area contributed by atoms with E-state index in [2.05, 4.69) is 212 Å². The average molecular weight is 779 g/mol. The highest BCUT2D eigenvalue weighted by Gasteiger charge is 2.50. The van der Waals surface area contributed by atoms with Crippen LogP contribution < -0.4 is 14.5 Å². The van der Waals surface area contributed by atoms with Crippen LogP contribution in [0, 0.1) is 0 Å². The fraction of sp³-hybridized carbons (Fsp3) is 0.127. The molecule has 59 heavy (non-hydrogen) atoms. The Labute approximate surface area is 349 Å². The van der Waals surface area contributed by atoms with Gasteiger partial charge in [0.1, 0.15) is 11.8 Å². The van der Waals surface area contributed by atoms with Gasteiger partial charge < -0.3 is 14.5 Å². The molecule has 0 radical (unpaired) electrons. The van der Waals surface area contributed by atoms with Gasteiger partial charge in [-0.25, -0.2) is 0 Å². The minimum atomic E-state index is -0.148. The molecule has 1 aromatic heterocycles. The normalized spacial score (nSPS) is 19.2. The van der Waals surface area contributed by atoms with E-state index in [1.165, 1.54) is 87.8 Å². The van der Waals surface area contributed by atoms with Gasteiger partial charge in [-0.05, 0) is 99.5 Å². The van der Waals surface area contributed by atoms with Gasteiger partial charge in [-0.2, -0.15) is 0 Å². The second-order valence-corrected chi connectivity index (χ2v) is 17.9. The zero-order valence-electron chi connectivity index (χ0n) is 33.0. The van der Waals surface area contributed by atoms with E-state index in [9.17, 15) is 0 Å². The molecule has 0 bridgehead atoms. The van der Waals surface area contributed by atoms with Crippen LogP contribution in [0.4, 0.5) is 22.7 Å². The smallest absolute Gasteiger partial charge is 0.160 e. The van der Waals surface area contributed by atoms with Crippen molar-refractivity contribution in [1.29, 1.82) is 0 Å². The fourth-order valence-corrected chi connectivity index (χ4v) is 11.6. The Morgan fingerprint density at radius 3 is 1.95 bits per heavy atom. The Kier molecular flexibility index (Phi) is 7.70. The summed E-state index contributed by atoms with van der Waals surface area (Å²) in [6.45, 7) is 4.83. The molecule has 4 heteroatoms. The lowest BCUT2D eigenvalue weighted by molar-refractivity contribution is 0.226. The van der Waals surface area contributed by atoms with E-state index in [0.29, 0.717) is 0 Å². The average Bonchev–Trinajstić information content (AvgIpc) is 4.00. The lowest BCUT2D eigenvalue weighted by Crippen LogP contribution is -2.31. The van der Waals surface area contributed by atoms with Crippen LogP contribution in [0.2, 0.25) is 0 Å². The number of nitrogens with zero attached hydrogens (tertiary/aromatic N) is 2. The maximum Gasteiger partial charge on any atom is 0.160 e. The molecule has 0 N–H and O–H groups in total. The summed E-state index contributed by atoms with van der Waals surface area (Å²) >= 11 is 1.88. The Bertz CT molecular complexity index is 2900. The first kappa shape index (κ1) is 34.4. The Hall–Kier alpha value is -6.62. The molecular formula is C55H42N2OS. The van der Waals surface area contributed by atoms with E-state index < -0.39 is 0 Å². The summed E-state index contributed by atoms with van der Waals surface area (Å²) in [5, 5.41) is 1.31. The summed E-state index contributed by atoms with van der Waals surface area (Å²) in [5.41, 5.74) is 16.6. The summed E-state index contributed by atoms with van der Waals surface area (Å²) < 4.78 is 8.07. The number of anilines is 4. The number of para-hydroxylation sites is 1. The topological polar surface area (TPSA) is 15.7 Å². The maximum atomic E-state index is 6.76. The number of thiophene rings is 1. The summed E-state index contributed by atoms with van der Waals surface area (Å²) in [6.07, 6.45) is 5.78. The van der Waals surface area contributed by atoms with Crippen molar-refractivity contribution < 1.29 is 4.74 Å². The van der Waals surface area contributed by atoms with Crippen LogP contribution in [-0.2, 0) is 5.41 Å². The van der Waals surface area contributed by atoms with E-state index >= 15 is 0 Å². The lowest BCUT2D eigenvalue weighted by Gasteiger charge is -2.35. The molecule has 2 aliphatic heterocycles. The van der Waals surface area contributed by atoms with E-state index in [1.807, 2.05) is 11.3 Å². The molecule has 2 aliphatic carbocycles. The third kappa shape index (κ3) is 5.33. The van der Waals surface area contributed by atoms with Crippen LogP contribution in [0.3, 0.4) is 0 Å². The second kappa shape index (κ2) is 13.2. The van der Waals surface area contributed by atoms with Crippen molar-refractivity contribution in [3.8, 4) is 28.0 Å². The molecule has 0 saturated carbocycles. The molecule has 0 saturated heterocycles. The predicted octanol–water partition coefficient (Wildman–Crippen LogP) is 14.8. The molecule has 284 valence electrons. The van der Waals surface area contributed by atoms with Crippen LogP contribution in [0.15, 0.2) is 194 Å². The highest BCUT2D eigenvalue weighted by Crippen LogP contribution is 2.63. The van der Waals surface area contributed by atoms with Crippen LogP contribution >= 0.6 is 11.3 Å². The number of benzene rings is 7. The number of hydrogen-bond acceptors (Lipinski definition) is 4. The monoisotopic (exact) mass is 778 g/mol. The number of allylic oxidation sites excluding steroid dienone is 2. The van der Waals surface area contributed by atoms with E-state index in [0.717, 1.165) is 12.2 Å². The van der Waals surface area contributed by atoms with Crippen LogP contribution in [-0.4, -0.2) is 6.04 Å². The second-order valence-electron chi connectivity index (χ2n) is 16.8. The summed E-state index contributed by atoms with van der Waals surface area (Å²) in [4.78, 5) is 6.45. The molecule has 3 nitrogen and oxygen atoms in total. The number of rotatable bonds is 6. The van der Waals surface area contributed by atoms with Crippen molar-refractivity contribution in [3.05, 3.63) is 215 Å². The quantitative estimate of drug-likeness (QED) is 0.167. The molecule has 12 rings (SSSR count). The molecule has 8 aromatic rings. The van der Waals surface area contributed by atoms with Crippen molar-refractivity contribution in [2.24, 2.45) is 0 Å². The van der Waals surface area contributed by atoms with Gasteiger partial charge in [-0.1, -0.05) is 153 Å². The van der Waals surface area contributed by atoms with Crippen molar-refractivity contribution in [2.45, 2.75) is 43.9 Å². The zero-order valence-corrected chi connectivity index (χ0v) is 33.9. The molecule has 4 aliphatic rings. The van der Waals surface area contributed by atoms with Gasteiger partial charge in [-0.15, -0.1) is 11.3 Å². The minimum absolute atomic E-state index is 0.0226. The Balaban J connectivity index is 0.926. The van der Waals surface area contributed by atoms with Gasteiger partial charge in [0.15, 0.2) is 6.10 Å². The summed E-state index contributed by atoms with van der Waals surface area (Å²) in [7, 11) is 0. The molecular weight excluding hydrogens is 737 g/mol. The number of ether oxygens (including phenoxy) is 1. The van der Waals surface area contributed by atoms with Gasteiger partial charge in [0.2, 0.25) is 0 Å². The predicted molar refractivity (Wildman–Crippen MR) is 246 cm³/mol. The molecule has 0 spiro atoms. The zero-order chi connectivity index (χ0) is 39.2. The first-order chi connectivity index (χ1) is 29.0. The van der Waals surface area contributed by atoms with Gasteiger partial charge in [0.25, 0.3) is 0 Å². The van der Waals surface area contributed by atoms with Crippen LogP contribution in [0.1, 0.15) is 54.0 Å². The van der Waals surface area contributed by atoms with Gasteiger partial charge >= 0.3 is 0 Å². The SMILES string of the molecule is CC1(C)C2=C(CC(N(c3ccc(-c4ccccc4)cc3)c3ccc(-c4ccccc4)cc3)C=C2)c2ccc(N3c4c(sc5ccccc45)C4Oc5ccccc5C43)cc21. The first-order valence-electron chi connectivity index (χ1n) is 20.7. The van der Waals surface area contributed by atoms with E-state index in [1.54, 1.807) is 0 Å². The Morgan fingerprint density at radius 1 is 0.644 bits per heavy atom. The molecule has 3 atom stereocenters. The molecule has 0 amide bonds. The van der Waals surface area contributed by atoms with E-state index in [4.69, 9.17) is 4.74 Å². The first-order valence-corrected chi connectivity index (χ1v) is 21.6. The minimum Gasteiger partial charge on any atom is -0.482 e. The van der Waals surface area contributed by atoms with Crippen LogP contribution in [0.5, 0.6) is 5.75 Å². The number of hydrogen-bond donors (Lipinski definition) is 0. The maximum absolute atomic E-state index is 6.76. The fourth-order valence-electron chi connectivity index (χ4n) is 10.3. The van der Waals surface area contributed by atoms with Gasteiger partial charge in [0, 0.05) is 38.1 Å². The third-order valence-corrected chi connectivity index (χ3v) is 14.4. The molecule has 3 heterocycles. The van der Waals surface area contributed by atoms with Gasteiger partial charge in [0.05, 0.1) is 16.6 Å². The standard InChI is InChI=1S/C55H42N2OS/c1-55(2)47-32-30-41(56(39-25-21-37(22-26-39)35-13-5-3-6-14-35)40-27-23-38(24-28-40)36-15-7-4-8-16-36)33-46(47)43-31-29-42(34-48(43)55)57-51-44-17-9-11-19-49(44)58-53(51)54-52(57)45-18-10-12-20-50(45)59-54/h3-32,34,41,51,53H,33H2,1-2H3. The summed E-state index contributed by atoms with van der Waals surface area (Å²) in [6, 6.07) is 64.5. The largest absolute Gasteiger partial charge is 0.482 e. The lowest BCUT2D eigenvalue weighted by atomic mass is 9.79. The number of fused-ring (bicyclic) bond motifs is 9. The summed E-state index contributed by atoms with van der Waals surface area (Å²) in [5.74, 6) is 0.999. The van der Waals surface area contributed by atoms with Crippen molar-refractivity contribution in [3.63, 3.8) is 0 Å². The molecule has 7 aromatic carbocycles. The Morgan fingerprint density at radius 2 is 1.25 bits per heavy atom. The van der Waals surface area contributed by atoms with Crippen LogP contribution in [0.25, 0.3) is 37.9 Å². The highest BCUT2D eigenvalue weighted by atomic mass is 32.1.